The van der Waals surface area contributed by atoms with Gasteiger partial charge in [0.15, 0.2) is 11.5 Å². The summed E-state index contributed by atoms with van der Waals surface area (Å²) in [5.41, 5.74) is 3.64. The summed E-state index contributed by atoms with van der Waals surface area (Å²) in [5, 5.41) is 10.6. The van der Waals surface area contributed by atoms with Gasteiger partial charge in [-0.15, -0.1) is 0 Å². The number of hydrogen-bond donors (Lipinski definition) is 2. The van der Waals surface area contributed by atoms with Crippen LogP contribution >= 0.6 is 0 Å². The molecule has 0 saturated heterocycles. The van der Waals surface area contributed by atoms with Gasteiger partial charge in [0, 0.05) is 5.69 Å². The molecule has 0 amide bonds. The Morgan fingerprint density at radius 2 is 1.95 bits per heavy atom. The molecular weight excluding hydrogens is 257 g/mol. The van der Waals surface area contributed by atoms with Crippen LogP contribution in [-0.4, -0.2) is 20.2 Å². The van der Waals surface area contributed by atoms with E-state index in [9.17, 15) is 4.39 Å². The molecule has 0 atom stereocenters. The summed E-state index contributed by atoms with van der Waals surface area (Å²) in [6.45, 7) is 5.94. The number of halogens is 1. The summed E-state index contributed by atoms with van der Waals surface area (Å²) >= 11 is 0. The Bertz CT molecular complexity index is 794. The van der Waals surface area contributed by atoms with E-state index >= 15 is 0 Å². The number of fused-ring (bicyclic) bond motifs is 1. The molecule has 0 aliphatic rings. The van der Waals surface area contributed by atoms with Crippen molar-refractivity contribution >= 4 is 22.7 Å². The Kier molecular flexibility index (Phi) is 2.85. The lowest BCUT2D eigenvalue weighted by Gasteiger charge is -2.10. The summed E-state index contributed by atoms with van der Waals surface area (Å²) in [4.78, 5) is 8.41. The minimum absolute atomic E-state index is 0.396. The molecule has 0 unspecified atom stereocenters. The average molecular weight is 271 g/mol. The standard InChI is InChI=1S/C14H14FN5/c1-7-4-8(2)17-12(9(7)3)18-14-11-5-10(15)6-16-13(11)19-20-14/h4-6H,1-3H3,(H2,16,17,18,19,20). The van der Waals surface area contributed by atoms with Crippen LogP contribution in [0, 0.1) is 26.6 Å². The highest BCUT2D eigenvalue weighted by atomic mass is 19.1. The molecule has 6 heteroatoms. The molecular formula is C14H14FN5. The molecule has 5 nitrogen and oxygen atoms in total. The summed E-state index contributed by atoms with van der Waals surface area (Å²) in [6.07, 6.45) is 1.16. The molecule has 0 bridgehead atoms. The number of hydrogen-bond acceptors (Lipinski definition) is 4. The van der Waals surface area contributed by atoms with Crippen LogP contribution in [0.4, 0.5) is 16.0 Å². The Balaban J connectivity index is 2.08. The lowest BCUT2D eigenvalue weighted by Crippen LogP contribution is -2.00. The third-order valence-corrected chi connectivity index (χ3v) is 3.28. The van der Waals surface area contributed by atoms with Crippen molar-refractivity contribution in [2.24, 2.45) is 0 Å². The minimum atomic E-state index is -0.396. The van der Waals surface area contributed by atoms with E-state index in [2.05, 4.69) is 25.5 Å². The van der Waals surface area contributed by atoms with Gasteiger partial charge in [0.1, 0.15) is 11.6 Å². The monoisotopic (exact) mass is 271 g/mol. The van der Waals surface area contributed by atoms with Gasteiger partial charge in [-0.3, -0.25) is 5.10 Å². The van der Waals surface area contributed by atoms with Crippen LogP contribution in [-0.2, 0) is 0 Å². The summed E-state index contributed by atoms with van der Waals surface area (Å²) in [5.74, 6) is 0.847. The van der Waals surface area contributed by atoms with Crippen LogP contribution in [0.5, 0.6) is 0 Å². The molecule has 0 radical (unpaired) electrons. The van der Waals surface area contributed by atoms with Gasteiger partial charge < -0.3 is 5.32 Å². The number of aryl methyl sites for hydroxylation is 2. The van der Waals surface area contributed by atoms with Gasteiger partial charge in [0.25, 0.3) is 0 Å². The molecule has 102 valence electrons. The zero-order valence-corrected chi connectivity index (χ0v) is 11.5. The molecule has 20 heavy (non-hydrogen) atoms. The molecule has 2 N–H and O–H groups in total. The maximum absolute atomic E-state index is 13.3. The van der Waals surface area contributed by atoms with Gasteiger partial charge in [-0.1, -0.05) is 0 Å². The molecule has 3 rings (SSSR count). The summed E-state index contributed by atoms with van der Waals surface area (Å²) in [6, 6.07) is 3.41. The van der Waals surface area contributed by atoms with Crippen molar-refractivity contribution in [1.29, 1.82) is 0 Å². The second-order valence-corrected chi connectivity index (χ2v) is 4.80. The van der Waals surface area contributed by atoms with Crippen molar-refractivity contribution in [3.05, 3.63) is 41.0 Å². The van der Waals surface area contributed by atoms with E-state index in [1.54, 1.807) is 0 Å². The van der Waals surface area contributed by atoms with E-state index in [0.29, 0.717) is 16.9 Å². The smallest absolute Gasteiger partial charge is 0.163 e. The molecule has 0 fully saturated rings. The first-order valence-corrected chi connectivity index (χ1v) is 6.26. The largest absolute Gasteiger partial charge is 0.323 e. The number of H-pyrrole nitrogens is 1. The third-order valence-electron chi connectivity index (χ3n) is 3.28. The molecule has 0 spiro atoms. The maximum atomic E-state index is 13.3. The van der Waals surface area contributed by atoms with Crippen LogP contribution in [0.2, 0.25) is 0 Å². The number of nitrogens with zero attached hydrogens (tertiary/aromatic N) is 3. The predicted octanol–water partition coefficient (Wildman–Crippen LogP) is 3.16. The fourth-order valence-electron chi connectivity index (χ4n) is 2.11. The SMILES string of the molecule is Cc1cc(C)c(C)c(Nc2n[nH]c3ncc(F)cc23)n1. The quantitative estimate of drug-likeness (QED) is 0.751. The molecule has 0 aliphatic carbocycles. The molecule has 0 saturated carbocycles. The highest BCUT2D eigenvalue weighted by molar-refractivity contribution is 5.88. The number of rotatable bonds is 2. The lowest BCUT2D eigenvalue weighted by molar-refractivity contribution is 0.624. The van der Waals surface area contributed by atoms with Gasteiger partial charge in [0.05, 0.1) is 11.6 Å². The second kappa shape index (κ2) is 4.56. The van der Waals surface area contributed by atoms with Crippen LogP contribution < -0.4 is 5.32 Å². The first kappa shape index (κ1) is 12.5. The zero-order chi connectivity index (χ0) is 14.3. The first-order chi connectivity index (χ1) is 9.54. The van der Waals surface area contributed by atoms with Crippen LogP contribution in [0.25, 0.3) is 11.0 Å². The normalized spacial score (nSPS) is 11.0. The second-order valence-electron chi connectivity index (χ2n) is 4.80. The summed E-state index contributed by atoms with van der Waals surface area (Å²) in [7, 11) is 0. The van der Waals surface area contributed by atoms with E-state index < -0.39 is 5.82 Å². The average Bonchev–Trinajstić information content (AvgIpc) is 2.78. The van der Waals surface area contributed by atoms with Gasteiger partial charge in [0.2, 0.25) is 0 Å². The van der Waals surface area contributed by atoms with E-state index in [1.807, 2.05) is 26.8 Å². The van der Waals surface area contributed by atoms with Gasteiger partial charge in [-0.05, 0) is 44.0 Å². The van der Waals surface area contributed by atoms with Crippen molar-refractivity contribution in [2.45, 2.75) is 20.8 Å². The van der Waals surface area contributed by atoms with Crippen LogP contribution in [0.1, 0.15) is 16.8 Å². The Hall–Kier alpha value is -2.50. The zero-order valence-electron chi connectivity index (χ0n) is 11.5. The summed E-state index contributed by atoms with van der Waals surface area (Å²) < 4.78 is 13.3. The number of aromatic nitrogens is 4. The van der Waals surface area contributed by atoms with Crippen molar-refractivity contribution in [2.75, 3.05) is 5.32 Å². The number of pyridine rings is 2. The van der Waals surface area contributed by atoms with E-state index in [4.69, 9.17) is 0 Å². The van der Waals surface area contributed by atoms with Gasteiger partial charge in [-0.2, -0.15) is 5.10 Å². The molecule has 3 heterocycles. The van der Waals surface area contributed by atoms with Gasteiger partial charge >= 0.3 is 0 Å². The maximum Gasteiger partial charge on any atom is 0.163 e. The number of aromatic amines is 1. The van der Waals surface area contributed by atoms with Crippen molar-refractivity contribution in [1.82, 2.24) is 20.2 Å². The van der Waals surface area contributed by atoms with E-state index in [0.717, 1.165) is 28.8 Å². The van der Waals surface area contributed by atoms with Gasteiger partial charge in [-0.25, -0.2) is 14.4 Å². The molecule has 3 aromatic rings. The number of anilines is 2. The topological polar surface area (TPSA) is 66.5 Å². The first-order valence-electron chi connectivity index (χ1n) is 6.26. The Labute approximate surface area is 115 Å². The molecule has 0 aromatic carbocycles. The highest BCUT2D eigenvalue weighted by Crippen LogP contribution is 2.25. The van der Waals surface area contributed by atoms with Crippen molar-refractivity contribution < 1.29 is 4.39 Å². The predicted molar refractivity (Wildman–Crippen MR) is 75.6 cm³/mol. The molecule has 0 aliphatic heterocycles. The van der Waals surface area contributed by atoms with Crippen LogP contribution in [0.15, 0.2) is 18.3 Å². The van der Waals surface area contributed by atoms with Crippen molar-refractivity contribution in [3.63, 3.8) is 0 Å². The van der Waals surface area contributed by atoms with E-state index in [-0.39, 0.29) is 0 Å². The Morgan fingerprint density at radius 1 is 1.15 bits per heavy atom. The lowest BCUT2D eigenvalue weighted by atomic mass is 10.1. The number of nitrogens with one attached hydrogen (secondary N) is 2. The van der Waals surface area contributed by atoms with Crippen LogP contribution in [0.3, 0.4) is 0 Å². The minimum Gasteiger partial charge on any atom is -0.323 e. The fourth-order valence-corrected chi connectivity index (χ4v) is 2.11. The highest BCUT2D eigenvalue weighted by Gasteiger charge is 2.11. The third kappa shape index (κ3) is 2.09. The fraction of sp³-hybridized carbons (Fsp3) is 0.214. The van der Waals surface area contributed by atoms with E-state index in [1.165, 1.54) is 6.07 Å². The molecule has 3 aromatic heterocycles. The Morgan fingerprint density at radius 3 is 2.75 bits per heavy atom. The van der Waals surface area contributed by atoms with Crippen molar-refractivity contribution in [3.8, 4) is 0 Å².